The van der Waals surface area contributed by atoms with Gasteiger partial charge in [0.1, 0.15) is 6.33 Å². The summed E-state index contributed by atoms with van der Waals surface area (Å²) in [4.78, 5) is 18.3. The highest BCUT2D eigenvalue weighted by molar-refractivity contribution is 5.62. The lowest BCUT2D eigenvalue weighted by Crippen LogP contribution is -2.31. The minimum Gasteiger partial charge on any atom is -0.476 e. The molecule has 1 heterocycles. The van der Waals surface area contributed by atoms with Crippen LogP contribution >= 0.6 is 0 Å². The molecule has 98 valence electrons. The van der Waals surface area contributed by atoms with Crippen LogP contribution in [0.3, 0.4) is 0 Å². The highest BCUT2D eigenvalue weighted by Gasteiger charge is 2.33. The number of hydrogen-bond acceptors (Lipinski definition) is 6. The number of nitro groups is 1. The Morgan fingerprint density at radius 2 is 2.11 bits per heavy atom. The van der Waals surface area contributed by atoms with Crippen molar-refractivity contribution in [2.75, 3.05) is 12.4 Å². The standard InChI is InChI=1S/C11H16N4O3/c1-11(5-3-4-6-11)14-9-8(15(16)17)10(18-2)13-7-12-9/h7H,3-6H2,1-2H3,(H,12,13,14). The third kappa shape index (κ3) is 2.34. The van der Waals surface area contributed by atoms with Crippen molar-refractivity contribution in [3.05, 3.63) is 16.4 Å². The lowest BCUT2D eigenvalue weighted by atomic mass is 10.0. The molecule has 0 aromatic carbocycles. The third-order valence-corrected chi connectivity index (χ3v) is 3.29. The second kappa shape index (κ2) is 4.75. The maximum absolute atomic E-state index is 11.1. The van der Waals surface area contributed by atoms with Crippen molar-refractivity contribution >= 4 is 11.5 Å². The van der Waals surface area contributed by atoms with Crippen LogP contribution in [0.1, 0.15) is 32.6 Å². The van der Waals surface area contributed by atoms with Gasteiger partial charge in [-0.25, -0.2) is 4.98 Å². The normalized spacial score (nSPS) is 17.4. The Balaban J connectivity index is 2.35. The van der Waals surface area contributed by atoms with Crippen LogP contribution in [0.25, 0.3) is 0 Å². The van der Waals surface area contributed by atoms with Crippen LogP contribution in [0.4, 0.5) is 11.5 Å². The molecule has 1 N–H and O–H groups in total. The molecule has 1 fully saturated rings. The van der Waals surface area contributed by atoms with Gasteiger partial charge in [0.2, 0.25) is 5.82 Å². The van der Waals surface area contributed by atoms with E-state index in [1.54, 1.807) is 0 Å². The molecule has 7 heteroatoms. The van der Waals surface area contributed by atoms with E-state index in [4.69, 9.17) is 4.74 Å². The van der Waals surface area contributed by atoms with E-state index in [0.717, 1.165) is 25.7 Å². The van der Waals surface area contributed by atoms with E-state index in [1.165, 1.54) is 13.4 Å². The Kier molecular flexibility index (Phi) is 3.31. The van der Waals surface area contributed by atoms with E-state index < -0.39 is 4.92 Å². The predicted molar refractivity (Wildman–Crippen MR) is 65.7 cm³/mol. The van der Waals surface area contributed by atoms with Gasteiger partial charge in [0.05, 0.1) is 12.0 Å². The van der Waals surface area contributed by atoms with Gasteiger partial charge >= 0.3 is 5.69 Å². The molecule has 0 amide bonds. The monoisotopic (exact) mass is 252 g/mol. The quantitative estimate of drug-likeness (QED) is 0.652. The Bertz CT molecular complexity index is 458. The first-order valence-corrected chi connectivity index (χ1v) is 5.87. The molecule has 0 atom stereocenters. The summed E-state index contributed by atoms with van der Waals surface area (Å²) in [7, 11) is 1.36. The summed E-state index contributed by atoms with van der Waals surface area (Å²) in [6, 6.07) is 0. The molecule has 0 radical (unpaired) electrons. The maximum atomic E-state index is 11.1. The largest absolute Gasteiger partial charge is 0.476 e. The fraction of sp³-hybridized carbons (Fsp3) is 0.636. The highest BCUT2D eigenvalue weighted by Crippen LogP contribution is 2.37. The van der Waals surface area contributed by atoms with Crippen molar-refractivity contribution in [1.82, 2.24) is 9.97 Å². The zero-order valence-corrected chi connectivity index (χ0v) is 10.5. The average Bonchev–Trinajstić information content (AvgIpc) is 2.75. The molecule has 1 saturated carbocycles. The average molecular weight is 252 g/mol. The van der Waals surface area contributed by atoms with Crippen LogP contribution < -0.4 is 10.1 Å². The minimum absolute atomic E-state index is 0.0147. The fourth-order valence-electron chi connectivity index (χ4n) is 2.33. The summed E-state index contributed by atoms with van der Waals surface area (Å²) in [6.45, 7) is 2.05. The lowest BCUT2D eigenvalue weighted by Gasteiger charge is -2.25. The Morgan fingerprint density at radius 1 is 1.44 bits per heavy atom. The summed E-state index contributed by atoms with van der Waals surface area (Å²) >= 11 is 0. The van der Waals surface area contributed by atoms with Gasteiger partial charge < -0.3 is 10.1 Å². The van der Waals surface area contributed by atoms with E-state index in [-0.39, 0.29) is 22.9 Å². The molecule has 1 aliphatic carbocycles. The van der Waals surface area contributed by atoms with Crippen molar-refractivity contribution in [2.24, 2.45) is 0 Å². The van der Waals surface area contributed by atoms with Gasteiger partial charge in [0.25, 0.3) is 5.88 Å². The lowest BCUT2D eigenvalue weighted by molar-refractivity contribution is -0.385. The van der Waals surface area contributed by atoms with E-state index in [1.807, 2.05) is 0 Å². The first-order chi connectivity index (χ1) is 8.56. The van der Waals surface area contributed by atoms with Crippen LogP contribution in [0, 0.1) is 10.1 Å². The molecule has 18 heavy (non-hydrogen) atoms. The van der Waals surface area contributed by atoms with Crippen molar-refractivity contribution in [3.63, 3.8) is 0 Å². The van der Waals surface area contributed by atoms with Crippen LogP contribution in [0.2, 0.25) is 0 Å². The van der Waals surface area contributed by atoms with Crippen molar-refractivity contribution in [1.29, 1.82) is 0 Å². The van der Waals surface area contributed by atoms with Crippen molar-refractivity contribution < 1.29 is 9.66 Å². The number of nitrogens with one attached hydrogen (secondary N) is 1. The summed E-state index contributed by atoms with van der Waals surface area (Å²) in [5.74, 6) is 0.218. The van der Waals surface area contributed by atoms with Gasteiger partial charge in [-0.15, -0.1) is 0 Å². The molecule has 1 aromatic heterocycles. The molecule has 2 rings (SSSR count). The zero-order chi connectivity index (χ0) is 13.2. The topological polar surface area (TPSA) is 90.2 Å². The summed E-state index contributed by atoms with van der Waals surface area (Å²) < 4.78 is 4.91. The van der Waals surface area contributed by atoms with E-state index >= 15 is 0 Å². The second-order valence-corrected chi connectivity index (χ2v) is 4.73. The van der Waals surface area contributed by atoms with Crippen molar-refractivity contribution in [3.8, 4) is 5.88 Å². The molecular weight excluding hydrogens is 236 g/mol. The van der Waals surface area contributed by atoms with Crippen LogP contribution in [-0.2, 0) is 0 Å². The number of ether oxygens (including phenoxy) is 1. The summed E-state index contributed by atoms with van der Waals surface area (Å²) in [5, 5.41) is 14.3. The number of anilines is 1. The highest BCUT2D eigenvalue weighted by atomic mass is 16.6. The second-order valence-electron chi connectivity index (χ2n) is 4.73. The number of methoxy groups -OCH3 is 1. The van der Waals surface area contributed by atoms with Gasteiger partial charge in [0.15, 0.2) is 0 Å². The van der Waals surface area contributed by atoms with Crippen LogP contribution in [0.5, 0.6) is 5.88 Å². The maximum Gasteiger partial charge on any atom is 0.372 e. The molecule has 0 bridgehead atoms. The van der Waals surface area contributed by atoms with Gasteiger partial charge in [-0.1, -0.05) is 12.8 Å². The molecule has 0 saturated heterocycles. The molecule has 1 aliphatic rings. The molecule has 0 spiro atoms. The van der Waals surface area contributed by atoms with E-state index in [0.29, 0.717) is 0 Å². The molecule has 1 aromatic rings. The number of rotatable bonds is 4. The molecule has 0 unspecified atom stereocenters. The first-order valence-electron chi connectivity index (χ1n) is 5.87. The minimum atomic E-state index is -0.514. The number of nitrogens with zero attached hydrogens (tertiary/aromatic N) is 3. The van der Waals surface area contributed by atoms with E-state index in [9.17, 15) is 10.1 Å². The van der Waals surface area contributed by atoms with Gasteiger partial charge in [-0.05, 0) is 19.8 Å². The fourth-order valence-corrected chi connectivity index (χ4v) is 2.33. The molecule has 0 aliphatic heterocycles. The van der Waals surface area contributed by atoms with Gasteiger partial charge in [0, 0.05) is 5.54 Å². The Morgan fingerprint density at radius 3 is 2.67 bits per heavy atom. The summed E-state index contributed by atoms with van der Waals surface area (Å²) in [5.41, 5.74) is -0.336. The predicted octanol–water partition coefficient (Wildman–Crippen LogP) is 2.14. The van der Waals surface area contributed by atoms with Gasteiger partial charge in [-0.3, -0.25) is 10.1 Å². The van der Waals surface area contributed by atoms with E-state index in [2.05, 4.69) is 22.2 Å². The first kappa shape index (κ1) is 12.5. The molecule has 7 nitrogen and oxygen atoms in total. The SMILES string of the molecule is COc1ncnc(NC2(C)CCCC2)c1[N+](=O)[O-]. The smallest absolute Gasteiger partial charge is 0.372 e. The number of aromatic nitrogens is 2. The Hall–Kier alpha value is -1.92. The number of hydrogen-bond donors (Lipinski definition) is 1. The van der Waals surface area contributed by atoms with Crippen molar-refractivity contribution in [2.45, 2.75) is 38.1 Å². The molecular formula is C11H16N4O3. The van der Waals surface area contributed by atoms with Crippen LogP contribution in [-0.4, -0.2) is 27.5 Å². The van der Waals surface area contributed by atoms with Crippen LogP contribution in [0.15, 0.2) is 6.33 Å². The Labute approximate surface area is 105 Å². The van der Waals surface area contributed by atoms with Gasteiger partial charge in [-0.2, -0.15) is 4.98 Å². The third-order valence-electron chi connectivity index (χ3n) is 3.29. The summed E-state index contributed by atoms with van der Waals surface area (Å²) in [6.07, 6.45) is 5.48. The zero-order valence-electron chi connectivity index (χ0n) is 10.5.